The zero-order valence-electron chi connectivity index (χ0n) is 17.0. The quantitative estimate of drug-likeness (QED) is 0.354. The van der Waals surface area contributed by atoms with Crippen LogP contribution < -0.4 is 0 Å². The number of nitro groups is 1. The lowest BCUT2D eigenvalue weighted by Crippen LogP contribution is -2.53. The number of sulfonamides is 1. The SMILES string of the molecule is O=C(CN1C(=O)c2cccc([N+](=O)[O-])c2C1=O)N1CCN(S(=O)(=O)c2ccccc2F)CC1. The van der Waals surface area contributed by atoms with Gasteiger partial charge in [0.1, 0.15) is 22.8 Å². The number of imide groups is 1. The second-order valence-electron chi connectivity index (χ2n) is 7.37. The smallest absolute Gasteiger partial charge is 0.282 e. The molecule has 2 aromatic rings. The fourth-order valence-corrected chi connectivity index (χ4v) is 5.30. The summed E-state index contributed by atoms with van der Waals surface area (Å²) in [6, 6.07) is 8.64. The Hall–Kier alpha value is -3.71. The minimum absolute atomic E-state index is 0.0319. The highest BCUT2D eigenvalue weighted by Gasteiger charge is 2.42. The molecule has 0 atom stereocenters. The summed E-state index contributed by atoms with van der Waals surface area (Å²) in [7, 11) is -4.09. The summed E-state index contributed by atoms with van der Waals surface area (Å²) in [4.78, 5) is 49.8. The Bertz CT molecular complexity index is 1290. The highest BCUT2D eigenvalue weighted by atomic mass is 32.2. The molecule has 0 N–H and O–H groups in total. The molecule has 33 heavy (non-hydrogen) atoms. The van der Waals surface area contributed by atoms with E-state index in [0.29, 0.717) is 4.90 Å². The molecule has 0 spiro atoms. The number of fused-ring (bicyclic) bond motifs is 1. The summed E-state index contributed by atoms with van der Waals surface area (Å²) in [5.41, 5.74) is -1.03. The predicted molar refractivity (Wildman–Crippen MR) is 110 cm³/mol. The van der Waals surface area contributed by atoms with Crippen molar-refractivity contribution in [2.24, 2.45) is 0 Å². The first-order valence-corrected chi connectivity index (χ1v) is 11.2. The number of rotatable bonds is 5. The maximum atomic E-state index is 14.0. The lowest BCUT2D eigenvalue weighted by molar-refractivity contribution is -0.385. The molecule has 0 aromatic heterocycles. The minimum atomic E-state index is -4.09. The van der Waals surface area contributed by atoms with Crippen molar-refractivity contribution in [2.45, 2.75) is 4.90 Å². The molecule has 13 heteroatoms. The zero-order valence-corrected chi connectivity index (χ0v) is 17.8. The number of halogens is 1. The molecule has 1 fully saturated rings. The van der Waals surface area contributed by atoms with E-state index in [1.54, 1.807) is 0 Å². The molecule has 0 aliphatic carbocycles. The molecule has 2 aromatic carbocycles. The fraction of sp³-hybridized carbons (Fsp3) is 0.250. The third kappa shape index (κ3) is 3.85. The number of hydrogen-bond acceptors (Lipinski definition) is 7. The van der Waals surface area contributed by atoms with Gasteiger partial charge in [-0.1, -0.05) is 18.2 Å². The lowest BCUT2D eigenvalue weighted by Gasteiger charge is -2.34. The number of benzene rings is 2. The summed E-state index contributed by atoms with van der Waals surface area (Å²) >= 11 is 0. The Morgan fingerprint density at radius 1 is 1.00 bits per heavy atom. The Kier molecular flexibility index (Phi) is 5.68. The average molecular weight is 476 g/mol. The molecular weight excluding hydrogens is 459 g/mol. The van der Waals surface area contributed by atoms with Gasteiger partial charge in [-0.05, 0) is 18.2 Å². The van der Waals surface area contributed by atoms with Gasteiger partial charge >= 0.3 is 0 Å². The van der Waals surface area contributed by atoms with E-state index < -0.39 is 55.6 Å². The van der Waals surface area contributed by atoms with Crippen LogP contribution in [0.2, 0.25) is 0 Å². The third-order valence-electron chi connectivity index (χ3n) is 5.51. The van der Waals surface area contributed by atoms with Crippen LogP contribution in [-0.4, -0.2) is 77.9 Å². The van der Waals surface area contributed by atoms with E-state index in [2.05, 4.69) is 0 Å². The van der Waals surface area contributed by atoms with Gasteiger partial charge in [-0.3, -0.25) is 29.4 Å². The first-order valence-electron chi connectivity index (χ1n) is 9.79. The van der Waals surface area contributed by atoms with Crippen LogP contribution in [0.15, 0.2) is 47.4 Å². The third-order valence-corrected chi connectivity index (χ3v) is 7.44. The molecule has 2 aliphatic rings. The number of piperazine rings is 1. The largest absolute Gasteiger partial charge is 0.338 e. The first-order chi connectivity index (χ1) is 15.6. The maximum Gasteiger partial charge on any atom is 0.282 e. The van der Waals surface area contributed by atoms with Gasteiger partial charge in [-0.2, -0.15) is 4.31 Å². The number of amides is 3. The van der Waals surface area contributed by atoms with Crippen LogP contribution >= 0.6 is 0 Å². The van der Waals surface area contributed by atoms with Crippen LogP contribution in [0.4, 0.5) is 10.1 Å². The van der Waals surface area contributed by atoms with Crippen molar-refractivity contribution in [2.75, 3.05) is 32.7 Å². The minimum Gasteiger partial charge on any atom is -0.338 e. The Morgan fingerprint density at radius 2 is 1.67 bits per heavy atom. The van der Waals surface area contributed by atoms with E-state index in [-0.39, 0.29) is 37.3 Å². The van der Waals surface area contributed by atoms with E-state index in [9.17, 15) is 37.3 Å². The molecule has 0 radical (unpaired) electrons. The van der Waals surface area contributed by atoms with Crippen molar-refractivity contribution in [3.63, 3.8) is 0 Å². The number of nitro benzene ring substituents is 1. The van der Waals surface area contributed by atoms with Crippen LogP contribution in [-0.2, 0) is 14.8 Å². The van der Waals surface area contributed by atoms with Crippen molar-refractivity contribution >= 4 is 33.4 Å². The average Bonchev–Trinajstić information content (AvgIpc) is 3.04. The first kappa shape index (κ1) is 22.5. The van der Waals surface area contributed by atoms with E-state index in [1.165, 1.54) is 29.2 Å². The van der Waals surface area contributed by atoms with E-state index in [4.69, 9.17) is 0 Å². The molecule has 0 saturated carbocycles. The monoisotopic (exact) mass is 476 g/mol. The number of carbonyl (C=O) groups excluding carboxylic acids is 3. The highest BCUT2D eigenvalue weighted by Crippen LogP contribution is 2.30. The standard InChI is InChI=1S/C20H17FN4O7S/c21-14-5-1-2-7-16(14)33(31,32)23-10-8-22(9-11-23)17(26)12-24-19(27)13-4-3-6-15(25(29)30)18(13)20(24)28/h1-7H,8-12H2. The number of nitrogens with zero attached hydrogens (tertiary/aromatic N) is 4. The van der Waals surface area contributed by atoms with Crippen molar-refractivity contribution in [3.8, 4) is 0 Å². The Balaban J connectivity index is 1.44. The van der Waals surface area contributed by atoms with Gasteiger partial charge in [-0.25, -0.2) is 12.8 Å². The molecule has 172 valence electrons. The molecule has 0 bridgehead atoms. The van der Waals surface area contributed by atoms with E-state index in [0.717, 1.165) is 22.5 Å². The van der Waals surface area contributed by atoms with Crippen molar-refractivity contribution < 1.29 is 32.1 Å². The molecule has 11 nitrogen and oxygen atoms in total. The summed E-state index contributed by atoms with van der Waals surface area (Å²) in [5.74, 6) is -3.24. The number of hydrogen-bond donors (Lipinski definition) is 0. The molecular formula is C20H17FN4O7S. The van der Waals surface area contributed by atoms with Crippen molar-refractivity contribution in [1.29, 1.82) is 0 Å². The maximum absolute atomic E-state index is 14.0. The van der Waals surface area contributed by atoms with Gasteiger partial charge in [-0.15, -0.1) is 0 Å². The van der Waals surface area contributed by atoms with Crippen LogP contribution in [0.3, 0.4) is 0 Å². The Labute approximate surface area is 187 Å². The highest BCUT2D eigenvalue weighted by molar-refractivity contribution is 7.89. The van der Waals surface area contributed by atoms with Crippen LogP contribution in [0.1, 0.15) is 20.7 Å². The van der Waals surface area contributed by atoms with Gasteiger partial charge < -0.3 is 4.90 Å². The van der Waals surface area contributed by atoms with Gasteiger partial charge in [0.25, 0.3) is 17.5 Å². The molecule has 4 rings (SSSR count). The molecule has 2 heterocycles. The Morgan fingerprint density at radius 3 is 2.30 bits per heavy atom. The second kappa shape index (κ2) is 8.33. The predicted octanol–water partition coefficient (Wildman–Crippen LogP) is 0.863. The van der Waals surface area contributed by atoms with Gasteiger partial charge in [0.2, 0.25) is 15.9 Å². The molecule has 2 aliphatic heterocycles. The van der Waals surface area contributed by atoms with Crippen molar-refractivity contribution in [1.82, 2.24) is 14.1 Å². The van der Waals surface area contributed by atoms with Gasteiger partial charge in [0.15, 0.2) is 0 Å². The second-order valence-corrected chi connectivity index (χ2v) is 9.27. The van der Waals surface area contributed by atoms with Gasteiger partial charge in [0, 0.05) is 32.2 Å². The summed E-state index contributed by atoms with van der Waals surface area (Å²) < 4.78 is 40.4. The number of carbonyl (C=O) groups is 3. The molecule has 3 amide bonds. The van der Waals surface area contributed by atoms with Gasteiger partial charge in [0.05, 0.1) is 10.5 Å². The van der Waals surface area contributed by atoms with Crippen LogP contribution in [0, 0.1) is 15.9 Å². The summed E-state index contributed by atoms with van der Waals surface area (Å²) in [5, 5.41) is 11.2. The fourth-order valence-electron chi connectivity index (χ4n) is 3.82. The van der Waals surface area contributed by atoms with E-state index >= 15 is 0 Å². The molecule has 1 saturated heterocycles. The molecule has 0 unspecified atom stereocenters. The summed E-state index contributed by atoms with van der Waals surface area (Å²) in [6.45, 7) is -0.902. The van der Waals surface area contributed by atoms with Crippen LogP contribution in [0.5, 0.6) is 0 Å². The normalized spacial score (nSPS) is 16.8. The van der Waals surface area contributed by atoms with Crippen LogP contribution in [0.25, 0.3) is 0 Å². The topological polar surface area (TPSA) is 138 Å². The van der Waals surface area contributed by atoms with Crippen molar-refractivity contribution in [3.05, 3.63) is 69.5 Å². The summed E-state index contributed by atoms with van der Waals surface area (Å²) in [6.07, 6.45) is 0. The van der Waals surface area contributed by atoms with E-state index in [1.807, 2.05) is 0 Å². The lowest BCUT2D eigenvalue weighted by atomic mass is 10.1. The zero-order chi connectivity index (χ0) is 23.9.